The summed E-state index contributed by atoms with van der Waals surface area (Å²) in [6.45, 7) is 0. The number of anilines is 2. The van der Waals surface area contributed by atoms with E-state index < -0.39 is 0 Å². The van der Waals surface area contributed by atoms with Crippen molar-refractivity contribution in [1.29, 1.82) is 0 Å². The molecule has 0 atom stereocenters. The molecule has 1 N–H and O–H groups in total. The Balaban J connectivity index is 2.22. The summed E-state index contributed by atoms with van der Waals surface area (Å²) >= 11 is 24.0. The van der Waals surface area contributed by atoms with Gasteiger partial charge in [0.05, 0.1) is 21.4 Å². The number of nitrogens with one attached hydrogen (secondary N) is 1. The Morgan fingerprint density at radius 3 is 2.39 bits per heavy atom. The first-order valence-electron chi connectivity index (χ1n) is 5.00. The van der Waals surface area contributed by atoms with E-state index in [-0.39, 0.29) is 0 Å². The van der Waals surface area contributed by atoms with E-state index in [0.29, 0.717) is 20.8 Å². The summed E-state index contributed by atoms with van der Waals surface area (Å²) in [5, 5.41) is 1.43. The van der Waals surface area contributed by atoms with Crippen molar-refractivity contribution in [1.82, 2.24) is 0 Å². The molecule has 0 unspecified atom stereocenters. The molecular formula is C12H8Cl4N2. The first kappa shape index (κ1) is 13.6. The maximum atomic E-state index is 6.11. The first-order valence-corrected chi connectivity index (χ1v) is 6.47. The maximum Gasteiger partial charge on any atom is 0.0961 e. The number of rotatable bonds is 3. The lowest BCUT2D eigenvalue weighted by Crippen LogP contribution is -2.18. The fourth-order valence-electron chi connectivity index (χ4n) is 1.38. The van der Waals surface area contributed by atoms with Crippen LogP contribution < -0.4 is 9.95 Å². The van der Waals surface area contributed by atoms with Crippen molar-refractivity contribution in [2.24, 2.45) is 0 Å². The monoisotopic (exact) mass is 320 g/mol. The minimum Gasteiger partial charge on any atom is -0.284 e. The normalized spacial score (nSPS) is 10.2. The molecule has 0 bridgehead atoms. The topological polar surface area (TPSA) is 15.3 Å². The molecule has 0 aliphatic carbocycles. The van der Waals surface area contributed by atoms with Crippen LogP contribution in [0.1, 0.15) is 0 Å². The van der Waals surface area contributed by atoms with E-state index >= 15 is 0 Å². The van der Waals surface area contributed by atoms with Gasteiger partial charge in [-0.15, -0.1) is 0 Å². The van der Waals surface area contributed by atoms with Crippen LogP contribution in [0.5, 0.6) is 0 Å². The van der Waals surface area contributed by atoms with Crippen LogP contribution in [0.4, 0.5) is 11.4 Å². The van der Waals surface area contributed by atoms with Crippen LogP contribution in [-0.2, 0) is 0 Å². The van der Waals surface area contributed by atoms with E-state index in [4.69, 9.17) is 46.6 Å². The number of hydrogen-bond donors (Lipinski definition) is 1. The zero-order chi connectivity index (χ0) is 13.1. The summed E-state index contributed by atoms with van der Waals surface area (Å²) in [4.78, 5) is 0. The minimum atomic E-state index is 0.378. The largest absolute Gasteiger partial charge is 0.284 e. The molecule has 0 saturated heterocycles. The lowest BCUT2D eigenvalue weighted by atomic mass is 10.3. The van der Waals surface area contributed by atoms with Crippen LogP contribution in [0.2, 0.25) is 15.1 Å². The van der Waals surface area contributed by atoms with Crippen molar-refractivity contribution < 1.29 is 0 Å². The average molecular weight is 322 g/mol. The third-order valence-corrected chi connectivity index (χ3v) is 3.51. The molecule has 94 valence electrons. The molecule has 2 rings (SSSR count). The lowest BCUT2D eigenvalue weighted by Gasteiger charge is -2.19. The van der Waals surface area contributed by atoms with Gasteiger partial charge in [0.15, 0.2) is 0 Å². The Labute approximate surface area is 125 Å². The van der Waals surface area contributed by atoms with Gasteiger partial charge in [-0.3, -0.25) is 5.43 Å². The van der Waals surface area contributed by atoms with E-state index in [1.807, 2.05) is 12.1 Å². The lowest BCUT2D eigenvalue weighted by molar-refractivity contribution is 1.27. The Kier molecular flexibility index (Phi) is 4.46. The van der Waals surface area contributed by atoms with Gasteiger partial charge in [0.2, 0.25) is 0 Å². The van der Waals surface area contributed by atoms with E-state index in [0.717, 1.165) is 5.69 Å². The van der Waals surface area contributed by atoms with Gasteiger partial charge >= 0.3 is 0 Å². The standard InChI is InChI=1S/C12H8Cl4N2/c13-8-3-1-4-9(7-8)17-18(16)11-6-2-5-10(14)12(11)15/h1-7,17H. The van der Waals surface area contributed by atoms with Gasteiger partial charge in [0, 0.05) is 16.8 Å². The van der Waals surface area contributed by atoms with E-state index in [9.17, 15) is 0 Å². The fourth-order valence-corrected chi connectivity index (χ4v) is 2.23. The molecule has 6 heteroatoms. The third-order valence-electron chi connectivity index (χ3n) is 2.19. The van der Waals surface area contributed by atoms with Crippen LogP contribution in [0.3, 0.4) is 0 Å². The Bertz CT molecular complexity index is 560. The van der Waals surface area contributed by atoms with Crippen molar-refractivity contribution in [3.05, 3.63) is 57.5 Å². The van der Waals surface area contributed by atoms with Gasteiger partial charge < -0.3 is 0 Å². The Morgan fingerprint density at radius 2 is 1.67 bits per heavy atom. The second kappa shape index (κ2) is 5.89. The van der Waals surface area contributed by atoms with Crippen LogP contribution in [0.15, 0.2) is 42.5 Å². The zero-order valence-electron chi connectivity index (χ0n) is 9.00. The highest BCUT2D eigenvalue weighted by molar-refractivity contribution is 6.44. The number of nitrogens with zero attached hydrogens (tertiary/aromatic N) is 1. The first-order chi connectivity index (χ1) is 8.58. The van der Waals surface area contributed by atoms with Crippen molar-refractivity contribution in [3.63, 3.8) is 0 Å². The second-order valence-corrected chi connectivity index (χ2v) is 5.04. The SMILES string of the molecule is Clc1cccc(NN(Cl)c2cccc(Cl)c2Cl)c1. The van der Waals surface area contributed by atoms with Crippen molar-refractivity contribution in [3.8, 4) is 0 Å². The molecule has 0 heterocycles. The smallest absolute Gasteiger partial charge is 0.0961 e. The number of hydrazine groups is 1. The molecule has 0 spiro atoms. The molecule has 0 aliphatic rings. The Hall–Kier alpha value is -0.800. The molecule has 0 amide bonds. The number of hydrogen-bond acceptors (Lipinski definition) is 2. The molecule has 0 fully saturated rings. The van der Waals surface area contributed by atoms with Crippen LogP contribution in [0.25, 0.3) is 0 Å². The highest BCUT2D eigenvalue weighted by Gasteiger charge is 2.10. The van der Waals surface area contributed by atoms with Gasteiger partial charge in [0.25, 0.3) is 0 Å². The van der Waals surface area contributed by atoms with E-state index in [1.54, 1.807) is 30.3 Å². The van der Waals surface area contributed by atoms with Crippen LogP contribution in [0, 0.1) is 0 Å². The molecule has 0 aromatic heterocycles. The van der Waals surface area contributed by atoms with Gasteiger partial charge in [-0.25, -0.2) is 0 Å². The quantitative estimate of drug-likeness (QED) is 0.581. The number of benzene rings is 2. The minimum absolute atomic E-state index is 0.378. The van der Waals surface area contributed by atoms with E-state index in [2.05, 4.69) is 5.43 Å². The highest BCUT2D eigenvalue weighted by atomic mass is 35.5. The summed E-state index contributed by atoms with van der Waals surface area (Å²) in [5.74, 6) is 0. The van der Waals surface area contributed by atoms with E-state index in [1.165, 1.54) is 4.53 Å². The summed E-state index contributed by atoms with van der Waals surface area (Å²) in [5.41, 5.74) is 4.24. The summed E-state index contributed by atoms with van der Waals surface area (Å²) < 4.78 is 1.26. The van der Waals surface area contributed by atoms with Crippen LogP contribution >= 0.6 is 46.6 Å². The average Bonchev–Trinajstić information content (AvgIpc) is 2.32. The predicted molar refractivity (Wildman–Crippen MR) is 79.9 cm³/mol. The molecule has 2 aromatic carbocycles. The van der Waals surface area contributed by atoms with Crippen molar-refractivity contribution in [2.45, 2.75) is 0 Å². The highest BCUT2D eigenvalue weighted by Crippen LogP contribution is 2.33. The third kappa shape index (κ3) is 3.15. The van der Waals surface area contributed by atoms with Gasteiger partial charge in [-0.1, -0.05) is 46.9 Å². The van der Waals surface area contributed by atoms with Crippen molar-refractivity contribution in [2.75, 3.05) is 9.95 Å². The molecule has 2 nitrogen and oxygen atoms in total. The zero-order valence-corrected chi connectivity index (χ0v) is 12.0. The summed E-state index contributed by atoms with van der Waals surface area (Å²) in [7, 11) is 0. The Morgan fingerprint density at radius 1 is 0.944 bits per heavy atom. The van der Waals surface area contributed by atoms with Crippen molar-refractivity contribution >= 4 is 58.0 Å². The van der Waals surface area contributed by atoms with Gasteiger partial charge in [-0.05, 0) is 30.3 Å². The van der Waals surface area contributed by atoms with Gasteiger partial charge in [-0.2, -0.15) is 4.53 Å². The molecule has 0 aliphatic heterocycles. The summed E-state index contributed by atoms with van der Waals surface area (Å²) in [6.07, 6.45) is 0. The fraction of sp³-hybridized carbons (Fsp3) is 0. The molecule has 2 aromatic rings. The maximum absolute atomic E-state index is 6.11. The van der Waals surface area contributed by atoms with Gasteiger partial charge in [0.1, 0.15) is 0 Å². The summed E-state index contributed by atoms with van der Waals surface area (Å²) in [6, 6.07) is 12.4. The number of halogens is 4. The van der Waals surface area contributed by atoms with Crippen LogP contribution in [-0.4, -0.2) is 0 Å². The predicted octanol–water partition coefficient (Wildman–Crippen LogP) is 5.63. The second-order valence-electron chi connectivity index (χ2n) is 3.48. The molecular weight excluding hydrogens is 314 g/mol. The molecule has 0 radical (unpaired) electrons. The molecule has 0 saturated carbocycles. The molecule has 18 heavy (non-hydrogen) atoms.